The van der Waals surface area contributed by atoms with Crippen molar-refractivity contribution in [3.8, 4) is 11.6 Å². The molecule has 0 bridgehead atoms. The van der Waals surface area contributed by atoms with E-state index in [-0.39, 0.29) is 0 Å². The van der Waals surface area contributed by atoms with E-state index in [1.807, 2.05) is 12.1 Å². The van der Waals surface area contributed by atoms with Crippen molar-refractivity contribution >= 4 is 5.96 Å². The van der Waals surface area contributed by atoms with Crippen molar-refractivity contribution in [2.45, 2.75) is 26.2 Å². The zero-order valence-electron chi connectivity index (χ0n) is 13.5. The first-order valence-corrected chi connectivity index (χ1v) is 7.61. The van der Waals surface area contributed by atoms with E-state index in [4.69, 9.17) is 4.42 Å². The van der Waals surface area contributed by atoms with Crippen molar-refractivity contribution in [1.29, 1.82) is 0 Å². The number of aromatic amines is 1. The maximum Gasteiger partial charge on any atom is 0.216 e. The second-order valence-corrected chi connectivity index (χ2v) is 5.08. The van der Waals surface area contributed by atoms with Crippen LogP contribution >= 0.6 is 0 Å². The number of unbranched alkanes of at least 4 members (excludes halogenated alkanes) is 1. The second-order valence-electron chi connectivity index (χ2n) is 5.08. The van der Waals surface area contributed by atoms with Crippen molar-refractivity contribution in [2.24, 2.45) is 4.99 Å². The Balaban J connectivity index is 1.80. The molecule has 7 heteroatoms. The number of nitrogens with one attached hydrogen (secondary N) is 2. The molecule has 0 atom stereocenters. The Morgan fingerprint density at radius 3 is 3.05 bits per heavy atom. The topological polar surface area (TPSA) is 82.3 Å². The molecule has 0 aliphatic heterocycles. The molecule has 0 aliphatic rings. The predicted octanol–water partition coefficient (Wildman–Crippen LogP) is 1.91. The summed E-state index contributed by atoms with van der Waals surface area (Å²) in [7, 11) is 3.85. The summed E-state index contributed by atoms with van der Waals surface area (Å²) in [6, 6.07) is 3.67. The average molecular weight is 304 g/mol. The van der Waals surface area contributed by atoms with Crippen LogP contribution in [0.15, 0.2) is 27.8 Å². The van der Waals surface area contributed by atoms with Gasteiger partial charge < -0.3 is 14.6 Å². The van der Waals surface area contributed by atoms with Gasteiger partial charge in [-0.05, 0) is 18.6 Å². The number of nitrogens with zero attached hydrogens (tertiary/aromatic N) is 4. The van der Waals surface area contributed by atoms with E-state index in [1.54, 1.807) is 13.3 Å². The first-order chi connectivity index (χ1) is 10.7. The largest absolute Gasteiger partial charge is 0.461 e. The van der Waals surface area contributed by atoms with Crippen LogP contribution in [0.2, 0.25) is 0 Å². The van der Waals surface area contributed by atoms with Gasteiger partial charge in [0.05, 0.1) is 6.26 Å². The smallest absolute Gasteiger partial charge is 0.216 e. The number of hydrogen-bond acceptors (Lipinski definition) is 4. The van der Waals surface area contributed by atoms with Gasteiger partial charge in [0.2, 0.25) is 5.82 Å². The summed E-state index contributed by atoms with van der Waals surface area (Å²) in [5.41, 5.74) is 0. The monoisotopic (exact) mass is 304 g/mol. The molecule has 2 aromatic rings. The molecule has 2 heterocycles. The highest BCUT2D eigenvalue weighted by molar-refractivity contribution is 5.79. The van der Waals surface area contributed by atoms with Gasteiger partial charge in [0.25, 0.3) is 0 Å². The van der Waals surface area contributed by atoms with Crippen LogP contribution in [0.25, 0.3) is 11.6 Å². The Bertz CT molecular complexity index is 575. The Labute approximate surface area is 130 Å². The van der Waals surface area contributed by atoms with Gasteiger partial charge >= 0.3 is 0 Å². The molecule has 0 saturated heterocycles. The van der Waals surface area contributed by atoms with Gasteiger partial charge in [-0.25, -0.2) is 4.98 Å². The molecule has 7 nitrogen and oxygen atoms in total. The normalized spacial score (nSPS) is 11.7. The Morgan fingerprint density at radius 2 is 2.36 bits per heavy atom. The highest BCUT2D eigenvalue weighted by Gasteiger charge is 2.09. The standard InChI is InChI=1S/C15H24N6O/c1-4-5-10-21(3)15(16-2)17-9-8-13-18-14(20-19-13)12-7-6-11-22-12/h6-7,11H,4-5,8-10H2,1-3H3,(H,16,17)(H,18,19,20). The molecule has 2 rings (SSSR count). The zero-order valence-corrected chi connectivity index (χ0v) is 13.5. The van der Waals surface area contributed by atoms with Crippen molar-refractivity contribution in [3.63, 3.8) is 0 Å². The minimum absolute atomic E-state index is 0.587. The van der Waals surface area contributed by atoms with Crippen LogP contribution in [0.1, 0.15) is 25.6 Å². The molecule has 0 amide bonds. The molecule has 0 aliphatic carbocycles. The van der Waals surface area contributed by atoms with Crippen molar-refractivity contribution < 1.29 is 4.42 Å². The summed E-state index contributed by atoms with van der Waals surface area (Å²) in [5, 5.41) is 10.4. The number of aliphatic imine (C=N–C) groups is 1. The third-order valence-electron chi connectivity index (χ3n) is 3.34. The van der Waals surface area contributed by atoms with Gasteiger partial charge in [-0.3, -0.25) is 10.1 Å². The molecule has 0 unspecified atom stereocenters. The lowest BCUT2D eigenvalue weighted by atomic mass is 10.3. The maximum absolute atomic E-state index is 5.28. The predicted molar refractivity (Wildman–Crippen MR) is 86.7 cm³/mol. The first kappa shape index (κ1) is 16.1. The molecule has 22 heavy (non-hydrogen) atoms. The van der Waals surface area contributed by atoms with Crippen LogP contribution in [-0.4, -0.2) is 53.2 Å². The Hall–Kier alpha value is -2.31. The Kier molecular flexibility index (Phi) is 6.00. The minimum Gasteiger partial charge on any atom is -0.461 e. The Morgan fingerprint density at radius 1 is 1.50 bits per heavy atom. The summed E-state index contributed by atoms with van der Waals surface area (Å²) in [6.45, 7) is 3.93. The summed E-state index contributed by atoms with van der Waals surface area (Å²) < 4.78 is 5.28. The third kappa shape index (κ3) is 4.34. The third-order valence-corrected chi connectivity index (χ3v) is 3.34. The summed E-state index contributed by atoms with van der Waals surface area (Å²) in [6.07, 6.45) is 4.69. The molecule has 0 spiro atoms. The summed E-state index contributed by atoms with van der Waals surface area (Å²) >= 11 is 0. The number of furan rings is 1. The fraction of sp³-hybridized carbons (Fsp3) is 0.533. The zero-order chi connectivity index (χ0) is 15.8. The SMILES string of the molecule is CCCCN(C)C(=NC)NCCc1nc(-c2ccco2)n[nH]1. The minimum atomic E-state index is 0.587. The highest BCUT2D eigenvalue weighted by Crippen LogP contribution is 2.14. The van der Waals surface area contributed by atoms with Crippen LogP contribution in [0.4, 0.5) is 0 Å². The van der Waals surface area contributed by atoms with E-state index in [0.29, 0.717) is 11.6 Å². The molecule has 120 valence electrons. The van der Waals surface area contributed by atoms with E-state index < -0.39 is 0 Å². The van der Waals surface area contributed by atoms with Crippen LogP contribution < -0.4 is 5.32 Å². The summed E-state index contributed by atoms with van der Waals surface area (Å²) in [5.74, 6) is 2.99. The van der Waals surface area contributed by atoms with Crippen molar-refractivity contribution in [3.05, 3.63) is 24.2 Å². The summed E-state index contributed by atoms with van der Waals surface area (Å²) in [4.78, 5) is 10.8. The molecular weight excluding hydrogens is 280 g/mol. The van der Waals surface area contributed by atoms with Gasteiger partial charge in [0, 0.05) is 33.6 Å². The van der Waals surface area contributed by atoms with Crippen LogP contribution in [0.5, 0.6) is 0 Å². The number of hydrogen-bond donors (Lipinski definition) is 2. The van der Waals surface area contributed by atoms with Gasteiger partial charge in [0.1, 0.15) is 5.82 Å². The quantitative estimate of drug-likeness (QED) is 0.603. The average Bonchev–Trinajstić information content (AvgIpc) is 3.20. The van der Waals surface area contributed by atoms with E-state index in [1.165, 1.54) is 6.42 Å². The number of rotatable bonds is 7. The van der Waals surface area contributed by atoms with Gasteiger partial charge in [0.15, 0.2) is 11.7 Å². The molecule has 0 radical (unpaired) electrons. The molecule has 2 N–H and O–H groups in total. The van der Waals surface area contributed by atoms with Gasteiger partial charge in [-0.15, -0.1) is 0 Å². The van der Waals surface area contributed by atoms with E-state index in [2.05, 4.69) is 44.4 Å². The van der Waals surface area contributed by atoms with Gasteiger partial charge in [-0.1, -0.05) is 13.3 Å². The first-order valence-electron chi connectivity index (χ1n) is 7.61. The lowest BCUT2D eigenvalue weighted by Crippen LogP contribution is -2.40. The molecule has 0 saturated carbocycles. The van der Waals surface area contributed by atoms with Gasteiger partial charge in [-0.2, -0.15) is 5.10 Å². The molecular formula is C15H24N6O. The molecule has 2 aromatic heterocycles. The number of H-pyrrole nitrogens is 1. The van der Waals surface area contributed by atoms with Crippen LogP contribution in [-0.2, 0) is 6.42 Å². The fourth-order valence-corrected chi connectivity index (χ4v) is 2.10. The van der Waals surface area contributed by atoms with E-state index >= 15 is 0 Å². The van der Waals surface area contributed by atoms with Crippen molar-refractivity contribution in [2.75, 3.05) is 27.2 Å². The van der Waals surface area contributed by atoms with Crippen LogP contribution in [0, 0.1) is 0 Å². The molecule has 0 fully saturated rings. The second kappa shape index (κ2) is 8.21. The number of aromatic nitrogens is 3. The van der Waals surface area contributed by atoms with Crippen LogP contribution in [0.3, 0.4) is 0 Å². The maximum atomic E-state index is 5.28. The van der Waals surface area contributed by atoms with Crippen molar-refractivity contribution in [1.82, 2.24) is 25.4 Å². The van der Waals surface area contributed by atoms with E-state index in [9.17, 15) is 0 Å². The molecule has 0 aromatic carbocycles. The lowest BCUT2D eigenvalue weighted by Gasteiger charge is -2.21. The highest BCUT2D eigenvalue weighted by atomic mass is 16.3. The number of guanidine groups is 1. The van der Waals surface area contributed by atoms with E-state index in [0.717, 1.165) is 37.7 Å². The fourth-order valence-electron chi connectivity index (χ4n) is 2.10. The lowest BCUT2D eigenvalue weighted by molar-refractivity contribution is 0.465.